The third-order valence-corrected chi connectivity index (χ3v) is 5.61. The van der Waals surface area contributed by atoms with Crippen molar-refractivity contribution in [2.24, 2.45) is 5.92 Å². The Balaban J connectivity index is 1.19. The van der Waals surface area contributed by atoms with E-state index in [1.807, 2.05) is 12.1 Å². The number of hydrogen-bond donors (Lipinski definition) is 0. The molecule has 28 heavy (non-hydrogen) atoms. The van der Waals surface area contributed by atoms with Crippen LogP contribution >= 0.6 is 0 Å². The van der Waals surface area contributed by atoms with Crippen molar-refractivity contribution in [1.82, 2.24) is 20.2 Å². The minimum Gasteiger partial charge on any atom is -0.476 e. The lowest BCUT2D eigenvalue weighted by molar-refractivity contribution is 0.214. The van der Waals surface area contributed by atoms with Gasteiger partial charge in [0.15, 0.2) is 0 Å². The molecule has 2 aliphatic rings. The number of piperidine rings is 1. The van der Waals surface area contributed by atoms with Crippen LogP contribution in [0.25, 0.3) is 10.9 Å². The summed E-state index contributed by atoms with van der Waals surface area (Å²) in [6.45, 7) is 2.37. The van der Waals surface area contributed by atoms with E-state index in [0.717, 1.165) is 48.3 Å². The number of ether oxygens (including phenoxy) is 1. The van der Waals surface area contributed by atoms with Crippen molar-refractivity contribution in [3.8, 4) is 5.88 Å². The normalized spacial score (nSPS) is 17.8. The second-order valence-electron chi connectivity index (χ2n) is 7.67. The van der Waals surface area contributed by atoms with Crippen molar-refractivity contribution in [3.63, 3.8) is 0 Å². The predicted molar refractivity (Wildman–Crippen MR) is 104 cm³/mol. The molecule has 1 aromatic carbocycles. The van der Waals surface area contributed by atoms with E-state index >= 15 is 0 Å². The van der Waals surface area contributed by atoms with Gasteiger partial charge in [-0.3, -0.25) is 0 Å². The van der Waals surface area contributed by atoms with Gasteiger partial charge in [-0.25, -0.2) is 14.4 Å². The van der Waals surface area contributed by atoms with Crippen LogP contribution < -0.4 is 9.64 Å². The molecule has 3 aromatic rings. The maximum atomic E-state index is 13.7. The van der Waals surface area contributed by atoms with Crippen molar-refractivity contribution in [1.29, 1.82) is 0 Å². The summed E-state index contributed by atoms with van der Waals surface area (Å²) < 4.78 is 19.5. The van der Waals surface area contributed by atoms with Crippen molar-refractivity contribution in [3.05, 3.63) is 48.2 Å². The van der Waals surface area contributed by atoms with Crippen LogP contribution in [0.3, 0.4) is 0 Å². The Morgan fingerprint density at radius 3 is 2.61 bits per heavy atom. The summed E-state index contributed by atoms with van der Waals surface area (Å²) in [4.78, 5) is 10.9. The zero-order chi connectivity index (χ0) is 18.9. The van der Waals surface area contributed by atoms with Gasteiger partial charge in [0.25, 0.3) is 0 Å². The first-order valence-electron chi connectivity index (χ1n) is 9.88. The molecule has 6 nitrogen and oxygen atoms in total. The van der Waals surface area contributed by atoms with E-state index in [9.17, 15) is 4.39 Å². The molecule has 0 atom stereocenters. The predicted octanol–water partition coefficient (Wildman–Crippen LogP) is 3.73. The number of fused-ring (bicyclic) bond motifs is 1. The van der Waals surface area contributed by atoms with Crippen molar-refractivity contribution in [2.75, 3.05) is 24.6 Å². The molecule has 1 aliphatic heterocycles. The van der Waals surface area contributed by atoms with Gasteiger partial charge in [0, 0.05) is 30.5 Å². The van der Waals surface area contributed by atoms with Gasteiger partial charge in [-0.1, -0.05) is 0 Å². The molecule has 5 rings (SSSR count). The Morgan fingerprint density at radius 2 is 1.86 bits per heavy atom. The highest BCUT2D eigenvalue weighted by molar-refractivity contribution is 5.89. The van der Waals surface area contributed by atoms with Gasteiger partial charge >= 0.3 is 0 Å². The largest absolute Gasteiger partial charge is 0.476 e. The first kappa shape index (κ1) is 17.3. The minimum atomic E-state index is -0.263. The van der Waals surface area contributed by atoms with Crippen molar-refractivity contribution >= 4 is 16.7 Å². The Kier molecular flexibility index (Phi) is 4.50. The van der Waals surface area contributed by atoms with Crippen LogP contribution in [0.2, 0.25) is 0 Å². The first-order chi connectivity index (χ1) is 13.8. The highest BCUT2D eigenvalue weighted by Gasteiger charge is 2.26. The third-order valence-electron chi connectivity index (χ3n) is 5.61. The summed E-state index contributed by atoms with van der Waals surface area (Å²) in [6, 6.07) is 8.61. The lowest BCUT2D eigenvalue weighted by Crippen LogP contribution is -2.36. The number of anilines is 1. The monoisotopic (exact) mass is 379 g/mol. The molecule has 1 saturated heterocycles. The van der Waals surface area contributed by atoms with E-state index in [-0.39, 0.29) is 5.82 Å². The fourth-order valence-electron chi connectivity index (χ4n) is 3.79. The molecule has 3 heterocycles. The second kappa shape index (κ2) is 7.30. The van der Waals surface area contributed by atoms with Gasteiger partial charge in [-0.05, 0) is 55.9 Å². The lowest BCUT2D eigenvalue weighted by Gasteiger charge is -2.33. The van der Waals surface area contributed by atoms with Crippen LogP contribution in [0.5, 0.6) is 5.88 Å². The van der Waals surface area contributed by atoms with Crippen molar-refractivity contribution in [2.45, 2.75) is 31.6 Å². The minimum absolute atomic E-state index is 0.263. The highest BCUT2D eigenvalue weighted by Crippen LogP contribution is 2.38. The van der Waals surface area contributed by atoms with Crippen LogP contribution in [-0.2, 0) is 0 Å². The smallest absolute Gasteiger partial charge is 0.233 e. The van der Waals surface area contributed by atoms with Crippen LogP contribution in [0.4, 0.5) is 10.2 Å². The van der Waals surface area contributed by atoms with E-state index in [4.69, 9.17) is 4.74 Å². The maximum Gasteiger partial charge on any atom is 0.233 e. The topological polar surface area (TPSA) is 64.0 Å². The average molecular weight is 379 g/mol. The standard InChI is InChI=1S/C21H22FN5O/c22-16-3-4-19-17(11-16)21(24-13-23-19)27-9-7-14(8-10-27)12-28-20-6-5-18(25-26-20)15-1-2-15/h3-6,11,13-15H,1-2,7-10,12H2. The van der Waals surface area contributed by atoms with Crippen molar-refractivity contribution < 1.29 is 9.13 Å². The summed E-state index contributed by atoms with van der Waals surface area (Å²) in [5.41, 5.74) is 1.85. The summed E-state index contributed by atoms with van der Waals surface area (Å²) in [7, 11) is 0. The summed E-state index contributed by atoms with van der Waals surface area (Å²) in [6.07, 6.45) is 5.99. The first-order valence-corrected chi connectivity index (χ1v) is 9.88. The second-order valence-corrected chi connectivity index (χ2v) is 7.67. The number of rotatable bonds is 5. The Labute approximate surface area is 162 Å². The average Bonchev–Trinajstić information content (AvgIpc) is 3.58. The zero-order valence-electron chi connectivity index (χ0n) is 15.6. The molecular formula is C21H22FN5O. The van der Waals surface area contributed by atoms with E-state index in [0.29, 0.717) is 24.3 Å². The Morgan fingerprint density at radius 1 is 1.00 bits per heavy atom. The number of nitrogens with zero attached hydrogens (tertiary/aromatic N) is 5. The number of hydrogen-bond acceptors (Lipinski definition) is 6. The third kappa shape index (κ3) is 3.61. The van der Waals surface area contributed by atoms with E-state index in [1.165, 1.54) is 25.0 Å². The molecule has 0 spiro atoms. The molecule has 0 unspecified atom stereocenters. The van der Waals surface area contributed by atoms with Crippen LogP contribution in [0.1, 0.15) is 37.3 Å². The fourth-order valence-corrected chi connectivity index (χ4v) is 3.79. The summed E-state index contributed by atoms with van der Waals surface area (Å²) in [5.74, 6) is 2.22. The van der Waals surface area contributed by atoms with Gasteiger partial charge < -0.3 is 9.64 Å². The van der Waals surface area contributed by atoms with Gasteiger partial charge in [0.05, 0.1) is 17.8 Å². The molecule has 0 radical (unpaired) electrons. The number of halogens is 1. The molecule has 144 valence electrons. The van der Waals surface area contributed by atoms with Gasteiger partial charge in [-0.2, -0.15) is 5.10 Å². The molecule has 1 saturated carbocycles. The number of benzene rings is 1. The van der Waals surface area contributed by atoms with Crippen LogP contribution in [0.15, 0.2) is 36.7 Å². The van der Waals surface area contributed by atoms with Crippen LogP contribution in [0, 0.1) is 11.7 Å². The fraction of sp³-hybridized carbons (Fsp3) is 0.429. The number of aromatic nitrogens is 4. The molecule has 2 fully saturated rings. The molecule has 0 N–H and O–H groups in total. The van der Waals surface area contributed by atoms with E-state index in [1.54, 1.807) is 12.4 Å². The molecular weight excluding hydrogens is 357 g/mol. The van der Waals surface area contributed by atoms with Crippen LogP contribution in [-0.4, -0.2) is 39.9 Å². The zero-order valence-corrected chi connectivity index (χ0v) is 15.6. The Hall–Kier alpha value is -2.83. The molecule has 1 aliphatic carbocycles. The Bertz CT molecular complexity index is 968. The molecule has 0 amide bonds. The van der Waals surface area contributed by atoms with Gasteiger partial charge in [0.1, 0.15) is 18.0 Å². The van der Waals surface area contributed by atoms with E-state index in [2.05, 4.69) is 25.1 Å². The summed E-state index contributed by atoms with van der Waals surface area (Å²) in [5, 5.41) is 9.23. The molecule has 0 bridgehead atoms. The molecule has 2 aromatic heterocycles. The lowest BCUT2D eigenvalue weighted by atomic mass is 9.97. The van der Waals surface area contributed by atoms with Gasteiger partial charge in [-0.15, -0.1) is 5.10 Å². The summed E-state index contributed by atoms with van der Waals surface area (Å²) >= 11 is 0. The highest BCUT2D eigenvalue weighted by atomic mass is 19.1. The van der Waals surface area contributed by atoms with Gasteiger partial charge in [0.2, 0.25) is 5.88 Å². The maximum absolute atomic E-state index is 13.7. The SMILES string of the molecule is Fc1ccc2ncnc(N3CCC(COc4ccc(C5CC5)nn4)CC3)c2c1. The van der Waals surface area contributed by atoms with E-state index < -0.39 is 0 Å². The quantitative estimate of drug-likeness (QED) is 0.673. The molecule has 7 heteroatoms.